The van der Waals surface area contributed by atoms with E-state index in [1.807, 2.05) is 20.2 Å². The molecule has 35 heavy (non-hydrogen) atoms. The summed E-state index contributed by atoms with van der Waals surface area (Å²) in [6, 6.07) is 8.70. The number of nitrogens with zero attached hydrogens (tertiary/aromatic N) is 6. The van der Waals surface area contributed by atoms with Crippen molar-refractivity contribution < 1.29 is 9.53 Å². The quantitative estimate of drug-likeness (QED) is 0.458. The number of rotatable bonds is 6. The number of H-pyrrole nitrogens is 1. The van der Waals surface area contributed by atoms with Crippen LogP contribution in [-0.2, 0) is 4.79 Å². The van der Waals surface area contributed by atoms with E-state index >= 15 is 0 Å². The van der Waals surface area contributed by atoms with Crippen LogP contribution in [0.4, 0.5) is 0 Å². The first-order chi connectivity index (χ1) is 16.9. The number of ether oxygens (including phenoxy) is 1. The zero-order valence-corrected chi connectivity index (χ0v) is 21.1. The van der Waals surface area contributed by atoms with Crippen molar-refractivity contribution in [3.05, 3.63) is 41.7 Å². The minimum Gasteiger partial charge on any atom is -0.493 e. The van der Waals surface area contributed by atoms with Gasteiger partial charge >= 0.3 is 0 Å². The highest BCUT2D eigenvalue weighted by Crippen LogP contribution is 2.38. The number of piperidine rings is 1. The van der Waals surface area contributed by atoms with Crippen molar-refractivity contribution in [2.24, 2.45) is 0 Å². The van der Waals surface area contributed by atoms with Gasteiger partial charge in [-0.25, -0.2) is 4.98 Å². The maximum absolute atomic E-state index is 12.1. The molecule has 1 amide bonds. The summed E-state index contributed by atoms with van der Waals surface area (Å²) in [5, 5.41) is 10.2. The average molecular weight is 476 g/mol. The Hall–Kier alpha value is -3.46. The largest absolute Gasteiger partial charge is 0.493 e. The molecule has 1 aliphatic rings. The molecule has 1 aromatic carbocycles. The Morgan fingerprint density at radius 3 is 2.69 bits per heavy atom. The molecule has 1 N–H and O–H groups in total. The maximum atomic E-state index is 12.1. The van der Waals surface area contributed by atoms with Crippen LogP contribution in [0.15, 0.2) is 30.6 Å². The molecule has 1 fully saturated rings. The number of hydrogen-bond donors (Lipinski definition) is 1. The van der Waals surface area contributed by atoms with Gasteiger partial charge in [0.1, 0.15) is 12.0 Å². The summed E-state index contributed by atoms with van der Waals surface area (Å²) in [7, 11) is 5.27. The third kappa shape index (κ3) is 4.36. The summed E-state index contributed by atoms with van der Waals surface area (Å²) in [6.07, 6.45) is 3.60. The van der Waals surface area contributed by atoms with E-state index in [9.17, 15) is 4.79 Å². The molecule has 0 radical (unpaired) electrons. The summed E-state index contributed by atoms with van der Waals surface area (Å²) in [4.78, 5) is 23.9. The minimum atomic E-state index is 0.167. The van der Waals surface area contributed by atoms with Gasteiger partial charge in [0.25, 0.3) is 0 Å². The van der Waals surface area contributed by atoms with E-state index in [1.54, 1.807) is 12.0 Å². The molecule has 9 heteroatoms. The van der Waals surface area contributed by atoms with Gasteiger partial charge in [0.15, 0.2) is 5.75 Å². The molecule has 0 bridgehead atoms. The van der Waals surface area contributed by atoms with Crippen LogP contribution >= 0.6 is 0 Å². The molecule has 1 aliphatic heterocycles. The van der Waals surface area contributed by atoms with Crippen LogP contribution in [0.5, 0.6) is 5.75 Å². The zero-order chi connectivity index (χ0) is 24.7. The third-order valence-corrected chi connectivity index (χ3v) is 7.05. The number of aromatic nitrogens is 5. The fraction of sp³-hybridized carbons (Fsp3) is 0.462. The number of likely N-dealkylation sites (tertiary alicyclic amines) is 1. The minimum absolute atomic E-state index is 0.167. The number of hydrogen-bond acceptors (Lipinski definition) is 6. The number of carbonyl (C=O) groups excluding carboxylic acids is 1. The fourth-order valence-electron chi connectivity index (χ4n) is 5.11. The second-order valence-corrected chi connectivity index (χ2v) is 9.88. The number of methoxy groups -OCH3 is 1. The molecule has 5 rings (SSSR count). The fourth-order valence-corrected chi connectivity index (χ4v) is 5.11. The van der Waals surface area contributed by atoms with Gasteiger partial charge in [-0.1, -0.05) is 19.9 Å². The van der Waals surface area contributed by atoms with E-state index < -0.39 is 0 Å². The van der Waals surface area contributed by atoms with Crippen LogP contribution in [0.3, 0.4) is 0 Å². The number of likely N-dealkylation sites (N-methyl/N-ethyl adjacent to an activating group) is 1. The van der Waals surface area contributed by atoms with Crippen molar-refractivity contribution in [2.75, 3.05) is 40.8 Å². The Morgan fingerprint density at radius 2 is 2.00 bits per heavy atom. The SMILES string of the molecule is COc1cc(-c2[nH]c3ccc(C4CCN(CC(=O)N(C)C)CC4)cc3c2C(C)C)nn2ncnc12. The standard InChI is InChI=1S/C26H33N7O2/c1-16(2)24-19-12-18(17-8-10-32(11-9-17)14-23(34)31(3)4)6-7-20(19)29-25(24)21-13-22(35-5)26-27-15-28-33(26)30-21/h6-7,12-13,15-17,29H,8-11,14H2,1-5H3. The maximum Gasteiger partial charge on any atom is 0.236 e. The third-order valence-electron chi connectivity index (χ3n) is 7.05. The Labute approximate surface area is 205 Å². The lowest BCUT2D eigenvalue weighted by atomic mass is 9.87. The van der Waals surface area contributed by atoms with E-state index in [1.165, 1.54) is 27.5 Å². The lowest BCUT2D eigenvalue weighted by molar-refractivity contribution is -0.130. The summed E-state index contributed by atoms with van der Waals surface area (Å²) in [6.45, 7) is 6.82. The number of benzene rings is 1. The molecule has 9 nitrogen and oxygen atoms in total. The van der Waals surface area contributed by atoms with Gasteiger partial charge < -0.3 is 14.6 Å². The highest BCUT2D eigenvalue weighted by atomic mass is 16.5. The molecule has 4 heterocycles. The predicted molar refractivity (Wildman–Crippen MR) is 136 cm³/mol. The Morgan fingerprint density at radius 1 is 1.23 bits per heavy atom. The van der Waals surface area contributed by atoms with Crippen molar-refractivity contribution in [1.29, 1.82) is 0 Å². The monoisotopic (exact) mass is 475 g/mol. The van der Waals surface area contributed by atoms with Crippen molar-refractivity contribution in [2.45, 2.75) is 38.5 Å². The number of aromatic amines is 1. The first-order valence-electron chi connectivity index (χ1n) is 12.2. The van der Waals surface area contributed by atoms with Crippen LogP contribution < -0.4 is 4.74 Å². The second kappa shape index (κ2) is 9.30. The molecule has 0 saturated carbocycles. The van der Waals surface area contributed by atoms with Gasteiger partial charge in [-0.15, -0.1) is 14.8 Å². The first-order valence-corrected chi connectivity index (χ1v) is 12.2. The van der Waals surface area contributed by atoms with Gasteiger partial charge in [0.05, 0.1) is 19.3 Å². The number of carbonyl (C=O) groups is 1. The summed E-state index contributed by atoms with van der Waals surface area (Å²) in [5.41, 5.74) is 6.06. The highest BCUT2D eigenvalue weighted by molar-refractivity contribution is 5.91. The molecule has 0 unspecified atom stereocenters. The van der Waals surface area contributed by atoms with Crippen LogP contribution in [0, 0.1) is 0 Å². The summed E-state index contributed by atoms with van der Waals surface area (Å²) >= 11 is 0. The Bertz CT molecular complexity index is 1360. The Balaban J connectivity index is 1.47. The number of amides is 1. The van der Waals surface area contributed by atoms with Gasteiger partial charge in [-0.3, -0.25) is 9.69 Å². The summed E-state index contributed by atoms with van der Waals surface area (Å²) < 4.78 is 7.08. The van der Waals surface area contributed by atoms with Gasteiger partial charge in [0.2, 0.25) is 11.6 Å². The first kappa shape index (κ1) is 23.3. The average Bonchev–Trinajstić information content (AvgIpc) is 3.48. The topological polar surface area (TPSA) is 91.7 Å². The zero-order valence-electron chi connectivity index (χ0n) is 21.1. The molecule has 3 aromatic heterocycles. The molecular weight excluding hydrogens is 442 g/mol. The molecule has 0 spiro atoms. The van der Waals surface area contributed by atoms with Crippen LogP contribution in [0.1, 0.15) is 49.7 Å². The molecule has 0 aliphatic carbocycles. The smallest absolute Gasteiger partial charge is 0.236 e. The van der Waals surface area contributed by atoms with Crippen molar-refractivity contribution in [3.8, 4) is 17.1 Å². The second-order valence-electron chi connectivity index (χ2n) is 9.88. The summed E-state index contributed by atoms with van der Waals surface area (Å²) in [5.74, 6) is 1.60. The number of nitrogens with one attached hydrogen (secondary N) is 1. The van der Waals surface area contributed by atoms with E-state index in [0.717, 1.165) is 42.8 Å². The highest BCUT2D eigenvalue weighted by Gasteiger charge is 2.25. The van der Waals surface area contributed by atoms with Gasteiger partial charge in [-0.2, -0.15) is 0 Å². The molecule has 0 atom stereocenters. The van der Waals surface area contributed by atoms with E-state index in [0.29, 0.717) is 29.8 Å². The normalized spacial score (nSPS) is 15.4. The molecule has 1 saturated heterocycles. The van der Waals surface area contributed by atoms with Crippen LogP contribution in [0.2, 0.25) is 0 Å². The van der Waals surface area contributed by atoms with Crippen molar-refractivity contribution in [3.63, 3.8) is 0 Å². The number of fused-ring (bicyclic) bond motifs is 2. The van der Waals surface area contributed by atoms with Crippen molar-refractivity contribution in [1.82, 2.24) is 34.6 Å². The Kier molecular flexibility index (Phi) is 6.19. The van der Waals surface area contributed by atoms with Crippen LogP contribution in [0.25, 0.3) is 27.9 Å². The van der Waals surface area contributed by atoms with Crippen LogP contribution in [-0.4, -0.2) is 81.3 Å². The van der Waals surface area contributed by atoms with Crippen molar-refractivity contribution >= 4 is 22.5 Å². The van der Waals surface area contributed by atoms with E-state index in [2.05, 4.69) is 52.0 Å². The molecule has 184 valence electrons. The van der Waals surface area contributed by atoms with Gasteiger partial charge in [-0.05, 0) is 61.0 Å². The van der Waals surface area contributed by atoms with E-state index in [4.69, 9.17) is 9.84 Å². The van der Waals surface area contributed by atoms with E-state index in [-0.39, 0.29) is 5.91 Å². The molecule has 4 aromatic rings. The van der Waals surface area contributed by atoms with Gasteiger partial charge in [0, 0.05) is 31.1 Å². The lowest BCUT2D eigenvalue weighted by Gasteiger charge is -2.32. The lowest BCUT2D eigenvalue weighted by Crippen LogP contribution is -2.40. The predicted octanol–water partition coefficient (Wildman–Crippen LogP) is 3.67. The molecular formula is C26H33N7O2.